The molecule has 4 rings (SSSR count). The van der Waals surface area contributed by atoms with Crippen molar-refractivity contribution in [2.24, 2.45) is 7.05 Å². The SMILES string of the molecule is Cc1c(-c2cc(C(=O)N3CCNC[C@H]3C(=O)N3CCCC3)no2)cnn1C. The molecule has 0 aromatic carbocycles. The lowest BCUT2D eigenvalue weighted by Gasteiger charge is -2.36. The first-order valence-corrected chi connectivity index (χ1v) is 9.32. The van der Waals surface area contributed by atoms with Gasteiger partial charge in [-0.25, -0.2) is 0 Å². The standard InChI is InChI=1S/C18H24N6O3/c1-12-13(10-20-22(12)2)16-9-14(21-27-16)17(25)24-8-5-19-11-15(24)18(26)23-6-3-4-7-23/h9-10,15,19H,3-8,11H2,1-2H3/t15-/m0/s1. The van der Waals surface area contributed by atoms with Gasteiger partial charge in [0.2, 0.25) is 5.91 Å². The van der Waals surface area contributed by atoms with E-state index in [1.165, 1.54) is 0 Å². The maximum Gasteiger partial charge on any atom is 0.276 e. The predicted molar refractivity (Wildman–Crippen MR) is 97.0 cm³/mol. The molecule has 0 saturated carbocycles. The maximum atomic E-state index is 13.0. The smallest absolute Gasteiger partial charge is 0.276 e. The minimum absolute atomic E-state index is 0.0138. The molecule has 0 spiro atoms. The number of amides is 2. The summed E-state index contributed by atoms with van der Waals surface area (Å²) in [6.07, 6.45) is 3.74. The summed E-state index contributed by atoms with van der Waals surface area (Å²) in [6.45, 7) is 5.05. The Kier molecular flexibility index (Phi) is 4.69. The number of carbonyl (C=O) groups is 2. The third-order valence-electron chi connectivity index (χ3n) is 5.44. The third-order valence-corrected chi connectivity index (χ3v) is 5.44. The molecule has 2 aromatic heterocycles. The monoisotopic (exact) mass is 372 g/mol. The van der Waals surface area contributed by atoms with Crippen LogP contribution in [0, 0.1) is 6.92 Å². The van der Waals surface area contributed by atoms with Crippen LogP contribution in [0.2, 0.25) is 0 Å². The summed E-state index contributed by atoms with van der Waals surface area (Å²) in [5.41, 5.74) is 1.94. The zero-order valence-electron chi connectivity index (χ0n) is 15.6. The van der Waals surface area contributed by atoms with Gasteiger partial charge in [0.15, 0.2) is 11.5 Å². The van der Waals surface area contributed by atoms with E-state index in [1.807, 2.05) is 18.9 Å². The summed E-state index contributed by atoms with van der Waals surface area (Å²) < 4.78 is 7.13. The summed E-state index contributed by atoms with van der Waals surface area (Å²) in [5.74, 6) is 0.243. The molecule has 0 aliphatic carbocycles. The van der Waals surface area contributed by atoms with Crippen molar-refractivity contribution >= 4 is 11.8 Å². The Morgan fingerprint density at radius 2 is 2.04 bits per heavy atom. The minimum Gasteiger partial charge on any atom is -0.355 e. The molecule has 0 unspecified atom stereocenters. The van der Waals surface area contributed by atoms with Crippen LogP contribution in [0.25, 0.3) is 11.3 Å². The van der Waals surface area contributed by atoms with Gasteiger partial charge < -0.3 is 19.6 Å². The van der Waals surface area contributed by atoms with Gasteiger partial charge >= 0.3 is 0 Å². The molecule has 27 heavy (non-hydrogen) atoms. The molecule has 0 bridgehead atoms. The van der Waals surface area contributed by atoms with Gasteiger partial charge in [0.1, 0.15) is 6.04 Å². The number of nitrogens with one attached hydrogen (secondary N) is 1. The van der Waals surface area contributed by atoms with E-state index in [1.54, 1.807) is 21.8 Å². The van der Waals surface area contributed by atoms with Gasteiger partial charge in [-0.3, -0.25) is 14.3 Å². The van der Waals surface area contributed by atoms with Gasteiger partial charge in [0, 0.05) is 51.5 Å². The number of likely N-dealkylation sites (tertiary alicyclic amines) is 1. The normalized spacial score (nSPS) is 20.3. The lowest BCUT2D eigenvalue weighted by Crippen LogP contribution is -2.59. The van der Waals surface area contributed by atoms with Crippen LogP contribution >= 0.6 is 0 Å². The van der Waals surface area contributed by atoms with E-state index in [2.05, 4.69) is 15.6 Å². The van der Waals surface area contributed by atoms with Crippen LogP contribution in [0.4, 0.5) is 0 Å². The van der Waals surface area contributed by atoms with Gasteiger partial charge in [-0.1, -0.05) is 5.16 Å². The lowest BCUT2D eigenvalue weighted by molar-refractivity contribution is -0.135. The molecule has 9 nitrogen and oxygen atoms in total. The second-order valence-electron chi connectivity index (χ2n) is 7.09. The van der Waals surface area contributed by atoms with E-state index >= 15 is 0 Å². The van der Waals surface area contributed by atoms with E-state index < -0.39 is 6.04 Å². The van der Waals surface area contributed by atoms with Crippen molar-refractivity contribution in [3.8, 4) is 11.3 Å². The molecule has 2 aliphatic rings. The van der Waals surface area contributed by atoms with E-state index in [0.717, 1.165) is 37.2 Å². The molecule has 9 heteroatoms. The molecule has 1 atom stereocenters. The molecule has 4 heterocycles. The Bertz CT molecular complexity index is 851. The Morgan fingerprint density at radius 3 is 2.74 bits per heavy atom. The topological polar surface area (TPSA) is 96.5 Å². The molecule has 144 valence electrons. The summed E-state index contributed by atoms with van der Waals surface area (Å²) in [6, 6.07) is 1.14. The number of carbonyl (C=O) groups excluding carboxylic acids is 2. The van der Waals surface area contributed by atoms with Gasteiger partial charge in [-0.15, -0.1) is 0 Å². The molecular weight excluding hydrogens is 348 g/mol. The first-order valence-electron chi connectivity index (χ1n) is 9.32. The second-order valence-corrected chi connectivity index (χ2v) is 7.09. The first kappa shape index (κ1) is 17.7. The van der Waals surface area contributed by atoms with E-state index in [9.17, 15) is 9.59 Å². The number of aromatic nitrogens is 3. The number of hydrogen-bond donors (Lipinski definition) is 1. The van der Waals surface area contributed by atoms with Crippen molar-refractivity contribution < 1.29 is 14.1 Å². The zero-order chi connectivity index (χ0) is 19.0. The van der Waals surface area contributed by atoms with Gasteiger partial charge in [-0.05, 0) is 19.8 Å². The molecule has 2 saturated heterocycles. The first-order chi connectivity index (χ1) is 13.1. The highest BCUT2D eigenvalue weighted by atomic mass is 16.5. The van der Waals surface area contributed by atoms with Gasteiger partial charge in [0.05, 0.1) is 11.8 Å². The van der Waals surface area contributed by atoms with Crippen molar-refractivity contribution in [1.29, 1.82) is 0 Å². The van der Waals surface area contributed by atoms with E-state index in [4.69, 9.17) is 4.52 Å². The van der Waals surface area contributed by atoms with Crippen LogP contribution in [-0.2, 0) is 11.8 Å². The fraction of sp³-hybridized carbons (Fsp3) is 0.556. The summed E-state index contributed by atoms with van der Waals surface area (Å²) >= 11 is 0. The van der Waals surface area contributed by atoms with Gasteiger partial charge in [0.25, 0.3) is 5.91 Å². The molecule has 1 N–H and O–H groups in total. The van der Waals surface area contributed by atoms with Crippen LogP contribution in [0.15, 0.2) is 16.8 Å². The van der Waals surface area contributed by atoms with Crippen molar-refractivity contribution in [2.75, 3.05) is 32.7 Å². The highest BCUT2D eigenvalue weighted by Crippen LogP contribution is 2.24. The average molecular weight is 372 g/mol. The molecule has 2 aromatic rings. The van der Waals surface area contributed by atoms with Crippen LogP contribution in [0.1, 0.15) is 29.0 Å². The van der Waals surface area contributed by atoms with Crippen molar-refractivity contribution in [1.82, 2.24) is 30.1 Å². The van der Waals surface area contributed by atoms with Gasteiger partial charge in [-0.2, -0.15) is 5.10 Å². The number of rotatable bonds is 3. The fourth-order valence-electron chi connectivity index (χ4n) is 3.71. The minimum atomic E-state index is -0.496. The molecule has 2 aliphatic heterocycles. The highest BCUT2D eigenvalue weighted by molar-refractivity contribution is 5.97. The van der Waals surface area contributed by atoms with E-state index in [-0.39, 0.29) is 17.5 Å². The quantitative estimate of drug-likeness (QED) is 0.839. The third kappa shape index (κ3) is 3.23. The Balaban J connectivity index is 1.55. The number of aryl methyl sites for hydroxylation is 1. The van der Waals surface area contributed by atoms with Crippen molar-refractivity contribution in [2.45, 2.75) is 25.8 Å². The fourth-order valence-corrected chi connectivity index (χ4v) is 3.71. The summed E-state index contributed by atoms with van der Waals surface area (Å²) in [4.78, 5) is 29.4. The number of piperazine rings is 1. The molecule has 2 amide bonds. The lowest BCUT2D eigenvalue weighted by atomic mass is 10.1. The van der Waals surface area contributed by atoms with Crippen molar-refractivity contribution in [3.63, 3.8) is 0 Å². The predicted octanol–water partition coefficient (Wildman–Crippen LogP) is 0.420. The largest absolute Gasteiger partial charge is 0.355 e. The van der Waals surface area contributed by atoms with Crippen LogP contribution in [0.5, 0.6) is 0 Å². The summed E-state index contributed by atoms with van der Waals surface area (Å²) in [7, 11) is 1.84. The second kappa shape index (κ2) is 7.15. The molecule has 0 radical (unpaired) electrons. The Morgan fingerprint density at radius 1 is 1.26 bits per heavy atom. The Hall–Kier alpha value is -2.68. The molecular formula is C18H24N6O3. The maximum absolute atomic E-state index is 13.0. The van der Waals surface area contributed by atoms with Crippen molar-refractivity contribution in [3.05, 3.63) is 23.7 Å². The number of hydrogen-bond acceptors (Lipinski definition) is 6. The highest BCUT2D eigenvalue weighted by Gasteiger charge is 2.37. The summed E-state index contributed by atoms with van der Waals surface area (Å²) in [5, 5.41) is 11.4. The zero-order valence-corrected chi connectivity index (χ0v) is 15.6. The molecule has 2 fully saturated rings. The van der Waals surface area contributed by atoms with Crippen LogP contribution < -0.4 is 5.32 Å². The average Bonchev–Trinajstić information content (AvgIpc) is 3.43. The van der Waals surface area contributed by atoms with Crippen LogP contribution in [-0.4, -0.2) is 75.3 Å². The number of nitrogens with zero attached hydrogens (tertiary/aromatic N) is 5. The van der Waals surface area contributed by atoms with Crippen LogP contribution in [0.3, 0.4) is 0 Å². The Labute approximate surface area is 157 Å². The van der Waals surface area contributed by atoms with E-state index in [0.29, 0.717) is 25.4 Å².